The monoisotopic (exact) mass is 265 g/mol. The van der Waals surface area contributed by atoms with E-state index in [9.17, 15) is 5.11 Å². The molecule has 0 fully saturated rings. The molecule has 0 saturated carbocycles. The van der Waals surface area contributed by atoms with Crippen LogP contribution in [0.3, 0.4) is 0 Å². The highest BCUT2D eigenvalue weighted by Gasteiger charge is 2.09. The van der Waals surface area contributed by atoms with E-state index in [0.717, 1.165) is 28.0 Å². The fourth-order valence-corrected chi connectivity index (χ4v) is 2.34. The van der Waals surface area contributed by atoms with E-state index in [1.807, 2.05) is 19.1 Å². The summed E-state index contributed by atoms with van der Waals surface area (Å²) in [4.78, 5) is 3.37. The van der Waals surface area contributed by atoms with Crippen molar-refractivity contribution in [1.29, 1.82) is 0 Å². The molecule has 3 heteroatoms. The molecule has 0 aliphatic heterocycles. The third kappa shape index (κ3) is 2.43. The lowest BCUT2D eigenvalue weighted by molar-refractivity contribution is -0.354. The Labute approximate surface area is 117 Å². The fourth-order valence-electron chi connectivity index (χ4n) is 2.34. The van der Waals surface area contributed by atoms with Crippen molar-refractivity contribution < 1.29 is 10.1 Å². The van der Waals surface area contributed by atoms with Crippen molar-refractivity contribution in [2.75, 3.05) is 5.32 Å². The molecule has 0 unspecified atom stereocenters. The van der Waals surface area contributed by atoms with Crippen LogP contribution in [-0.4, -0.2) is 5.11 Å². The molecule has 0 atom stereocenters. The lowest BCUT2D eigenvalue weighted by Gasteiger charge is -2.09. The summed E-state index contributed by atoms with van der Waals surface area (Å²) in [6, 6.07) is 15.5. The molecule has 3 nitrogen and oxygen atoms in total. The Bertz CT molecular complexity index is 764. The summed E-state index contributed by atoms with van der Waals surface area (Å²) in [5.74, 6) is 0.272. The van der Waals surface area contributed by atoms with E-state index in [1.165, 1.54) is 5.56 Å². The second kappa shape index (κ2) is 4.85. The molecule has 0 radical (unpaired) electrons. The van der Waals surface area contributed by atoms with Gasteiger partial charge in [0, 0.05) is 24.7 Å². The highest BCUT2D eigenvalue weighted by molar-refractivity contribution is 5.91. The van der Waals surface area contributed by atoms with E-state index in [4.69, 9.17) is 0 Å². The topological polar surface area (TPSA) is 46.4 Å². The molecule has 3 aromatic rings. The summed E-state index contributed by atoms with van der Waals surface area (Å²) in [5.41, 5.74) is 5.45. The van der Waals surface area contributed by atoms with Gasteiger partial charge < -0.3 is 10.4 Å². The molecule has 20 heavy (non-hydrogen) atoms. The third-order valence-corrected chi connectivity index (χ3v) is 3.30. The van der Waals surface area contributed by atoms with Crippen LogP contribution in [0.1, 0.15) is 11.3 Å². The molecule has 1 aromatic heterocycles. The van der Waals surface area contributed by atoms with Crippen LogP contribution in [0, 0.1) is 13.8 Å². The molecule has 3 N–H and O–H groups in total. The summed E-state index contributed by atoms with van der Waals surface area (Å²) < 4.78 is 0. The molecule has 0 saturated heterocycles. The Morgan fingerprint density at radius 2 is 1.70 bits per heavy atom. The van der Waals surface area contributed by atoms with Gasteiger partial charge in [-0.2, -0.15) is 0 Å². The van der Waals surface area contributed by atoms with Crippen molar-refractivity contribution in [1.82, 2.24) is 0 Å². The highest BCUT2D eigenvalue weighted by Crippen LogP contribution is 2.26. The largest absolute Gasteiger partial charge is 0.508 e. The predicted octanol–water partition coefficient (Wildman–Crippen LogP) is 3.72. The number of aryl methyl sites for hydroxylation is 2. The van der Waals surface area contributed by atoms with Gasteiger partial charge in [0.2, 0.25) is 5.52 Å². The first-order valence-corrected chi connectivity index (χ1v) is 6.61. The van der Waals surface area contributed by atoms with Gasteiger partial charge in [-0.25, -0.2) is 4.98 Å². The van der Waals surface area contributed by atoms with Gasteiger partial charge in [0.25, 0.3) is 0 Å². The van der Waals surface area contributed by atoms with Gasteiger partial charge in [-0.3, -0.25) is 0 Å². The zero-order valence-electron chi connectivity index (χ0n) is 11.6. The summed E-state index contributed by atoms with van der Waals surface area (Å²) in [7, 11) is 0. The summed E-state index contributed by atoms with van der Waals surface area (Å²) in [6.45, 7) is 4.13. The van der Waals surface area contributed by atoms with Crippen molar-refractivity contribution in [3.05, 3.63) is 59.8 Å². The van der Waals surface area contributed by atoms with Crippen LogP contribution in [0.25, 0.3) is 10.9 Å². The molecule has 0 spiro atoms. The number of H-pyrrole nitrogens is 1. The van der Waals surface area contributed by atoms with E-state index >= 15 is 0 Å². The van der Waals surface area contributed by atoms with Gasteiger partial charge in [0.15, 0.2) is 5.69 Å². The fraction of sp³-hybridized carbons (Fsp3) is 0.118. The normalized spacial score (nSPS) is 10.7. The minimum absolute atomic E-state index is 0.272. The van der Waals surface area contributed by atoms with Gasteiger partial charge in [0.1, 0.15) is 5.75 Å². The number of hydrogen-bond donors (Lipinski definition) is 2. The van der Waals surface area contributed by atoms with Crippen LogP contribution < -0.4 is 10.3 Å². The summed E-state index contributed by atoms with van der Waals surface area (Å²) in [5, 5.41) is 13.9. The molecular weight excluding hydrogens is 248 g/mol. The SMILES string of the molecule is Cc1ccc2[nH+]c(C)cc(Nc3ccc(O)cc3)c2c1. The first-order chi connectivity index (χ1) is 9.61. The summed E-state index contributed by atoms with van der Waals surface area (Å²) >= 11 is 0. The number of pyridine rings is 1. The molecule has 0 bridgehead atoms. The maximum Gasteiger partial charge on any atom is 0.213 e. The van der Waals surface area contributed by atoms with E-state index in [1.54, 1.807) is 12.1 Å². The molecule has 2 aromatic carbocycles. The number of aromatic amines is 1. The Morgan fingerprint density at radius 1 is 0.950 bits per heavy atom. The average molecular weight is 265 g/mol. The Morgan fingerprint density at radius 3 is 2.45 bits per heavy atom. The number of anilines is 2. The molecule has 100 valence electrons. The minimum atomic E-state index is 0.272. The Balaban J connectivity index is 2.10. The van der Waals surface area contributed by atoms with Crippen LogP contribution in [0.5, 0.6) is 5.75 Å². The molecule has 3 rings (SSSR count). The molecule has 0 aliphatic carbocycles. The zero-order valence-corrected chi connectivity index (χ0v) is 11.6. The Kier molecular flexibility index (Phi) is 3.03. The van der Waals surface area contributed by atoms with Gasteiger partial charge in [0.05, 0.1) is 11.1 Å². The maximum atomic E-state index is 9.34. The number of aromatic hydroxyl groups is 1. The van der Waals surface area contributed by atoms with Gasteiger partial charge in [-0.15, -0.1) is 0 Å². The predicted molar refractivity (Wildman–Crippen MR) is 81.4 cm³/mol. The number of hydrogen-bond acceptors (Lipinski definition) is 2. The average Bonchev–Trinajstić information content (AvgIpc) is 2.42. The number of nitrogens with one attached hydrogen (secondary N) is 2. The van der Waals surface area contributed by atoms with Crippen molar-refractivity contribution in [3.8, 4) is 5.75 Å². The van der Waals surface area contributed by atoms with Crippen LogP contribution in [0.2, 0.25) is 0 Å². The van der Waals surface area contributed by atoms with Crippen LogP contribution in [-0.2, 0) is 0 Å². The molecular formula is C17H17N2O+. The van der Waals surface area contributed by atoms with Crippen molar-refractivity contribution in [2.45, 2.75) is 13.8 Å². The summed E-state index contributed by atoms with van der Waals surface area (Å²) in [6.07, 6.45) is 0. The number of fused-ring (bicyclic) bond motifs is 1. The maximum absolute atomic E-state index is 9.34. The second-order valence-corrected chi connectivity index (χ2v) is 5.09. The van der Waals surface area contributed by atoms with Crippen molar-refractivity contribution in [3.63, 3.8) is 0 Å². The standard InChI is InChI=1S/C17H16N2O/c1-11-3-8-16-15(9-11)17(10-12(2)18-16)19-13-4-6-14(20)7-5-13/h3-10,20H,1-2H3,(H,18,19)/p+1. The van der Waals surface area contributed by atoms with E-state index in [-0.39, 0.29) is 5.75 Å². The van der Waals surface area contributed by atoms with Crippen LogP contribution in [0.4, 0.5) is 11.4 Å². The van der Waals surface area contributed by atoms with E-state index in [2.05, 4.69) is 41.5 Å². The van der Waals surface area contributed by atoms with Gasteiger partial charge in [-0.1, -0.05) is 6.07 Å². The van der Waals surface area contributed by atoms with Crippen LogP contribution in [0.15, 0.2) is 48.5 Å². The Hall–Kier alpha value is -2.55. The van der Waals surface area contributed by atoms with Gasteiger partial charge >= 0.3 is 0 Å². The van der Waals surface area contributed by atoms with E-state index in [0.29, 0.717) is 0 Å². The molecule has 1 heterocycles. The highest BCUT2D eigenvalue weighted by atomic mass is 16.3. The number of phenolic OH excluding ortho intramolecular Hbond substituents is 1. The first-order valence-electron chi connectivity index (χ1n) is 6.61. The smallest absolute Gasteiger partial charge is 0.213 e. The third-order valence-electron chi connectivity index (χ3n) is 3.30. The van der Waals surface area contributed by atoms with Crippen molar-refractivity contribution in [2.24, 2.45) is 0 Å². The van der Waals surface area contributed by atoms with Gasteiger partial charge in [-0.05, 0) is 42.8 Å². The zero-order chi connectivity index (χ0) is 14.1. The molecule has 0 amide bonds. The minimum Gasteiger partial charge on any atom is -0.508 e. The van der Waals surface area contributed by atoms with Crippen molar-refractivity contribution >= 4 is 22.3 Å². The number of phenols is 1. The second-order valence-electron chi connectivity index (χ2n) is 5.09. The van der Waals surface area contributed by atoms with Crippen LogP contribution >= 0.6 is 0 Å². The van der Waals surface area contributed by atoms with E-state index < -0.39 is 0 Å². The first kappa shape index (κ1) is 12.5. The lowest BCUT2D eigenvalue weighted by Crippen LogP contribution is -2.10. The number of aromatic nitrogens is 1. The number of rotatable bonds is 2. The molecule has 0 aliphatic rings. The lowest BCUT2D eigenvalue weighted by atomic mass is 10.1. The quantitative estimate of drug-likeness (QED) is 0.694. The number of benzene rings is 2.